The van der Waals surface area contributed by atoms with Gasteiger partial charge in [0.25, 0.3) is 11.8 Å². The Morgan fingerprint density at radius 1 is 1.41 bits per heavy atom. The van der Waals surface area contributed by atoms with Crippen LogP contribution >= 0.6 is 0 Å². The van der Waals surface area contributed by atoms with Crippen LogP contribution < -0.4 is 5.32 Å². The molecule has 0 bridgehead atoms. The van der Waals surface area contributed by atoms with Crippen LogP contribution in [0.15, 0.2) is 8.94 Å². The zero-order valence-corrected chi connectivity index (χ0v) is 12.6. The lowest BCUT2D eigenvalue weighted by Gasteiger charge is -2.01. The minimum absolute atomic E-state index is 0.124. The average molecular weight is 306 g/mol. The molecular formula is C14H18N4O4. The molecule has 0 aliphatic carbocycles. The number of aromatic nitrogens is 3. The van der Waals surface area contributed by atoms with E-state index in [0.29, 0.717) is 36.3 Å². The Bertz CT molecular complexity index is 658. The predicted molar refractivity (Wildman–Crippen MR) is 74.0 cm³/mol. The molecule has 1 atom stereocenters. The predicted octanol–water partition coefficient (Wildman–Crippen LogP) is 1.71. The molecule has 1 aliphatic rings. The fourth-order valence-corrected chi connectivity index (χ4v) is 2.30. The standard InChI is InChI=1S/C14H18N4O4/c1-3-11-16-8(2)12(21-11)13(19)15-7-10-17-14(22-18-10)9-5-4-6-20-9/h9H,3-7H2,1-2H3,(H,15,19)/t9-/m1/s1. The molecule has 0 radical (unpaired) electrons. The maximum absolute atomic E-state index is 12.1. The molecule has 8 heteroatoms. The van der Waals surface area contributed by atoms with Crippen molar-refractivity contribution in [2.45, 2.75) is 45.8 Å². The van der Waals surface area contributed by atoms with Gasteiger partial charge in [0.15, 0.2) is 11.7 Å². The van der Waals surface area contributed by atoms with Crippen molar-refractivity contribution in [2.24, 2.45) is 0 Å². The van der Waals surface area contributed by atoms with Crippen molar-refractivity contribution in [2.75, 3.05) is 6.61 Å². The Morgan fingerprint density at radius 3 is 2.95 bits per heavy atom. The lowest BCUT2D eigenvalue weighted by molar-refractivity contribution is 0.0835. The topological polar surface area (TPSA) is 103 Å². The van der Waals surface area contributed by atoms with Gasteiger partial charge < -0.3 is 19.0 Å². The third kappa shape index (κ3) is 3.01. The van der Waals surface area contributed by atoms with Crippen LogP contribution in [0.3, 0.4) is 0 Å². The summed E-state index contributed by atoms with van der Waals surface area (Å²) in [6, 6.07) is 0. The van der Waals surface area contributed by atoms with Crippen molar-refractivity contribution >= 4 is 5.91 Å². The number of hydrogen-bond donors (Lipinski definition) is 1. The van der Waals surface area contributed by atoms with E-state index in [1.165, 1.54) is 0 Å². The van der Waals surface area contributed by atoms with Gasteiger partial charge in [-0.15, -0.1) is 0 Å². The van der Waals surface area contributed by atoms with E-state index in [4.69, 9.17) is 13.7 Å². The molecule has 3 heterocycles. The second kappa shape index (κ2) is 6.27. The van der Waals surface area contributed by atoms with Crippen LogP contribution in [0.1, 0.15) is 59.7 Å². The van der Waals surface area contributed by atoms with Gasteiger partial charge in [0.2, 0.25) is 5.76 Å². The molecule has 2 aromatic rings. The summed E-state index contributed by atoms with van der Waals surface area (Å²) < 4.78 is 16.0. The minimum atomic E-state index is -0.340. The number of aryl methyl sites for hydroxylation is 2. The molecule has 1 amide bonds. The molecule has 1 fully saturated rings. The number of rotatable bonds is 5. The molecule has 118 valence electrons. The Kier molecular flexibility index (Phi) is 4.19. The summed E-state index contributed by atoms with van der Waals surface area (Å²) in [6.07, 6.45) is 2.39. The van der Waals surface area contributed by atoms with Gasteiger partial charge in [-0.25, -0.2) is 4.98 Å². The van der Waals surface area contributed by atoms with Crippen molar-refractivity contribution in [3.8, 4) is 0 Å². The third-order valence-electron chi connectivity index (χ3n) is 3.45. The molecule has 1 saturated heterocycles. The van der Waals surface area contributed by atoms with Gasteiger partial charge in [0.05, 0.1) is 12.2 Å². The van der Waals surface area contributed by atoms with E-state index in [2.05, 4.69) is 20.4 Å². The molecule has 8 nitrogen and oxygen atoms in total. The Labute approximate surface area is 127 Å². The number of nitrogens with one attached hydrogen (secondary N) is 1. The quantitative estimate of drug-likeness (QED) is 0.896. The Morgan fingerprint density at radius 2 is 2.27 bits per heavy atom. The number of oxazole rings is 1. The van der Waals surface area contributed by atoms with Gasteiger partial charge in [-0.3, -0.25) is 4.79 Å². The van der Waals surface area contributed by atoms with Crippen LogP contribution in [0.25, 0.3) is 0 Å². The summed E-state index contributed by atoms with van der Waals surface area (Å²) >= 11 is 0. The highest BCUT2D eigenvalue weighted by Crippen LogP contribution is 2.26. The van der Waals surface area contributed by atoms with Crippen molar-refractivity contribution in [1.29, 1.82) is 0 Å². The average Bonchev–Trinajstić information content (AvgIpc) is 3.24. The maximum Gasteiger partial charge on any atom is 0.289 e. The molecule has 0 aromatic carbocycles. The van der Waals surface area contributed by atoms with Crippen molar-refractivity contribution in [3.63, 3.8) is 0 Å². The first-order chi connectivity index (χ1) is 10.7. The van der Waals surface area contributed by atoms with Crippen LogP contribution in [-0.2, 0) is 17.7 Å². The molecule has 1 N–H and O–H groups in total. The van der Waals surface area contributed by atoms with E-state index in [1.807, 2.05) is 6.92 Å². The summed E-state index contributed by atoms with van der Waals surface area (Å²) in [4.78, 5) is 20.5. The fourth-order valence-electron chi connectivity index (χ4n) is 2.30. The van der Waals surface area contributed by atoms with Gasteiger partial charge in [0.1, 0.15) is 6.10 Å². The van der Waals surface area contributed by atoms with Gasteiger partial charge in [-0.05, 0) is 19.8 Å². The second-order valence-corrected chi connectivity index (χ2v) is 5.11. The summed E-state index contributed by atoms with van der Waals surface area (Å²) in [5, 5.41) is 6.54. The largest absolute Gasteiger partial charge is 0.435 e. The Balaban J connectivity index is 1.59. The number of hydrogen-bond acceptors (Lipinski definition) is 7. The highest BCUT2D eigenvalue weighted by molar-refractivity contribution is 5.92. The number of carbonyl (C=O) groups excluding carboxylic acids is 1. The van der Waals surface area contributed by atoms with Crippen LogP contribution in [0, 0.1) is 6.92 Å². The van der Waals surface area contributed by atoms with Gasteiger partial charge in [-0.1, -0.05) is 12.1 Å². The summed E-state index contributed by atoms with van der Waals surface area (Å²) in [7, 11) is 0. The first-order valence-corrected chi connectivity index (χ1v) is 7.36. The fraction of sp³-hybridized carbons (Fsp3) is 0.571. The number of amides is 1. The summed E-state index contributed by atoms with van der Waals surface area (Å²) in [5.74, 6) is 1.30. The van der Waals surface area contributed by atoms with Gasteiger partial charge >= 0.3 is 0 Å². The molecule has 2 aromatic heterocycles. The number of carbonyl (C=O) groups is 1. The normalized spacial score (nSPS) is 17.8. The lowest BCUT2D eigenvalue weighted by Crippen LogP contribution is -2.23. The van der Waals surface area contributed by atoms with Crippen molar-refractivity contribution < 1.29 is 18.5 Å². The lowest BCUT2D eigenvalue weighted by atomic mass is 10.2. The summed E-state index contributed by atoms with van der Waals surface area (Å²) in [6.45, 7) is 4.53. The van der Waals surface area contributed by atoms with Crippen LogP contribution in [0.4, 0.5) is 0 Å². The SMILES string of the molecule is CCc1nc(C)c(C(=O)NCc2noc([C@H]3CCCO3)n2)o1. The molecule has 1 aliphatic heterocycles. The monoisotopic (exact) mass is 306 g/mol. The van der Waals surface area contributed by atoms with Gasteiger partial charge in [-0.2, -0.15) is 4.98 Å². The van der Waals surface area contributed by atoms with Gasteiger partial charge in [0, 0.05) is 13.0 Å². The zero-order chi connectivity index (χ0) is 15.5. The maximum atomic E-state index is 12.1. The summed E-state index contributed by atoms with van der Waals surface area (Å²) in [5.41, 5.74) is 0.572. The molecule has 3 rings (SSSR count). The van der Waals surface area contributed by atoms with E-state index in [-0.39, 0.29) is 24.3 Å². The first kappa shape index (κ1) is 14.7. The zero-order valence-electron chi connectivity index (χ0n) is 12.6. The van der Waals surface area contributed by atoms with E-state index in [1.54, 1.807) is 6.92 Å². The molecule has 0 spiro atoms. The third-order valence-corrected chi connectivity index (χ3v) is 3.45. The second-order valence-electron chi connectivity index (χ2n) is 5.11. The minimum Gasteiger partial charge on any atom is -0.435 e. The number of nitrogens with zero attached hydrogens (tertiary/aromatic N) is 3. The molecule has 0 saturated carbocycles. The van der Waals surface area contributed by atoms with E-state index < -0.39 is 0 Å². The van der Waals surface area contributed by atoms with Crippen LogP contribution in [0.2, 0.25) is 0 Å². The molecule has 0 unspecified atom stereocenters. The van der Waals surface area contributed by atoms with Crippen molar-refractivity contribution in [1.82, 2.24) is 20.4 Å². The van der Waals surface area contributed by atoms with E-state index in [0.717, 1.165) is 12.8 Å². The van der Waals surface area contributed by atoms with Crippen molar-refractivity contribution in [3.05, 3.63) is 29.1 Å². The van der Waals surface area contributed by atoms with Crippen LogP contribution in [-0.4, -0.2) is 27.6 Å². The molecular weight excluding hydrogens is 288 g/mol. The van der Waals surface area contributed by atoms with E-state index in [9.17, 15) is 4.79 Å². The van der Waals surface area contributed by atoms with Crippen LogP contribution in [0.5, 0.6) is 0 Å². The number of ether oxygens (including phenoxy) is 1. The Hall–Kier alpha value is -2.22. The molecule has 22 heavy (non-hydrogen) atoms. The van der Waals surface area contributed by atoms with E-state index >= 15 is 0 Å². The smallest absolute Gasteiger partial charge is 0.289 e. The highest BCUT2D eigenvalue weighted by atomic mass is 16.5. The highest BCUT2D eigenvalue weighted by Gasteiger charge is 2.24. The first-order valence-electron chi connectivity index (χ1n) is 7.36.